The number of aliphatic hydroxyl groups is 1. The quantitative estimate of drug-likeness (QED) is 0.810. The van der Waals surface area contributed by atoms with E-state index in [1.165, 1.54) is 12.8 Å². The number of piperidine rings is 1. The van der Waals surface area contributed by atoms with Gasteiger partial charge < -0.3 is 9.90 Å². The Morgan fingerprint density at radius 2 is 2.10 bits per heavy atom. The van der Waals surface area contributed by atoms with Crippen LogP contribution >= 0.6 is 0 Å². The van der Waals surface area contributed by atoms with E-state index in [2.05, 4.69) is 4.90 Å². The summed E-state index contributed by atoms with van der Waals surface area (Å²) in [6, 6.07) is 10.4. The van der Waals surface area contributed by atoms with Crippen molar-refractivity contribution in [1.82, 2.24) is 4.90 Å². The standard InChI is InChI=1S/C17H25NO2/c1-17(14-20,15-7-3-2-4-8-15)13-18-11-6-5-9-16(18)10-12-19/h2-4,7-8,14,16,19H,5-6,9-13H2,1H3. The van der Waals surface area contributed by atoms with Gasteiger partial charge in [-0.2, -0.15) is 0 Å². The minimum atomic E-state index is -0.466. The average molecular weight is 275 g/mol. The number of likely N-dealkylation sites (tertiary alicyclic amines) is 1. The lowest BCUT2D eigenvalue weighted by atomic mass is 9.82. The molecule has 110 valence electrons. The van der Waals surface area contributed by atoms with Crippen LogP contribution in [0.15, 0.2) is 30.3 Å². The zero-order valence-corrected chi connectivity index (χ0v) is 12.3. The van der Waals surface area contributed by atoms with Gasteiger partial charge in [0.25, 0.3) is 0 Å². The summed E-state index contributed by atoms with van der Waals surface area (Å²) in [6.45, 7) is 4.01. The van der Waals surface area contributed by atoms with Gasteiger partial charge in [-0.3, -0.25) is 4.90 Å². The Hall–Kier alpha value is -1.19. The fraction of sp³-hybridized carbons (Fsp3) is 0.588. The van der Waals surface area contributed by atoms with Crippen LogP contribution in [0, 0.1) is 0 Å². The van der Waals surface area contributed by atoms with Gasteiger partial charge in [-0.25, -0.2) is 0 Å². The van der Waals surface area contributed by atoms with Crippen LogP contribution in [0.5, 0.6) is 0 Å². The maximum absolute atomic E-state index is 11.7. The number of aldehydes is 1. The van der Waals surface area contributed by atoms with Crippen molar-refractivity contribution in [1.29, 1.82) is 0 Å². The molecule has 1 aromatic rings. The monoisotopic (exact) mass is 275 g/mol. The molecular weight excluding hydrogens is 250 g/mol. The fourth-order valence-electron chi connectivity index (χ4n) is 3.18. The number of carbonyl (C=O) groups is 1. The van der Waals surface area contributed by atoms with Crippen molar-refractivity contribution in [3.05, 3.63) is 35.9 Å². The fourth-order valence-corrected chi connectivity index (χ4v) is 3.18. The lowest BCUT2D eigenvalue weighted by Gasteiger charge is -2.40. The van der Waals surface area contributed by atoms with E-state index in [9.17, 15) is 9.90 Å². The second-order valence-electron chi connectivity index (χ2n) is 6.03. The first kappa shape index (κ1) is 15.2. The van der Waals surface area contributed by atoms with E-state index in [4.69, 9.17) is 0 Å². The second kappa shape index (κ2) is 7.00. The van der Waals surface area contributed by atoms with Gasteiger partial charge in [-0.15, -0.1) is 0 Å². The molecule has 3 heteroatoms. The summed E-state index contributed by atoms with van der Waals surface area (Å²) < 4.78 is 0. The minimum absolute atomic E-state index is 0.226. The smallest absolute Gasteiger partial charge is 0.131 e. The Labute approximate surface area is 121 Å². The molecule has 0 spiro atoms. The SMILES string of the molecule is CC(C=O)(CN1CCCCC1CCO)c1ccccc1. The molecule has 0 aliphatic carbocycles. The van der Waals surface area contributed by atoms with Gasteiger partial charge in [0.15, 0.2) is 0 Å². The molecule has 3 nitrogen and oxygen atoms in total. The van der Waals surface area contributed by atoms with Crippen LogP contribution in [0.2, 0.25) is 0 Å². The predicted octanol–water partition coefficient (Wildman–Crippen LogP) is 2.38. The van der Waals surface area contributed by atoms with E-state index in [1.54, 1.807) is 0 Å². The summed E-state index contributed by atoms with van der Waals surface area (Å²) >= 11 is 0. The second-order valence-corrected chi connectivity index (χ2v) is 6.03. The molecule has 2 unspecified atom stereocenters. The van der Waals surface area contributed by atoms with Crippen LogP contribution in [-0.4, -0.2) is 42.0 Å². The van der Waals surface area contributed by atoms with Crippen molar-refractivity contribution in [2.45, 2.75) is 44.1 Å². The molecule has 1 heterocycles. The lowest BCUT2D eigenvalue weighted by molar-refractivity contribution is -0.113. The summed E-state index contributed by atoms with van der Waals surface area (Å²) in [5.41, 5.74) is 0.607. The first-order chi connectivity index (χ1) is 9.69. The number of carbonyl (C=O) groups excluding carboxylic acids is 1. The highest BCUT2D eigenvalue weighted by atomic mass is 16.3. The van der Waals surface area contributed by atoms with Gasteiger partial charge in [-0.05, 0) is 38.3 Å². The third kappa shape index (κ3) is 3.47. The molecule has 1 aliphatic rings. The molecule has 1 N–H and O–H groups in total. The Bertz CT molecular complexity index is 418. The van der Waals surface area contributed by atoms with Crippen molar-refractivity contribution in [2.75, 3.05) is 19.7 Å². The largest absolute Gasteiger partial charge is 0.396 e. The van der Waals surface area contributed by atoms with E-state index in [0.717, 1.165) is 37.8 Å². The van der Waals surface area contributed by atoms with Crippen LogP contribution in [-0.2, 0) is 10.2 Å². The highest BCUT2D eigenvalue weighted by Gasteiger charge is 2.32. The van der Waals surface area contributed by atoms with Crippen molar-refractivity contribution < 1.29 is 9.90 Å². The Morgan fingerprint density at radius 1 is 1.35 bits per heavy atom. The average Bonchev–Trinajstić information content (AvgIpc) is 2.50. The van der Waals surface area contributed by atoms with Gasteiger partial charge in [0.05, 0.1) is 5.41 Å². The number of rotatable bonds is 6. The first-order valence-corrected chi connectivity index (χ1v) is 7.56. The molecule has 1 aromatic carbocycles. The van der Waals surface area contributed by atoms with E-state index < -0.39 is 5.41 Å². The maximum atomic E-state index is 11.7. The Morgan fingerprint density at radius 3 is 2.75 bits per heavy atom. The number of aliphatic hydroxyl groups excluding tert-OH is 1. The molecule has 0 amide bonds. The van der Waals surface area contributed by atoms with E-state index in [1.807, 2.05) is 37.3 Å². The van der Waals surface area contributed by atoms with Gasteiger partial charge in [-0.1, -0.05) is 36.8 Å². The lowest BCUT2D eigenvalue weighted by Crippen LogP contribution is -2.47. The van der Waals surface area contributed by atoms with Crippen LogP contribution in [0.3, 0.4) is 0 Å². The molecule has 0 bridgehead atoms. The van der Waals surface area contributed by atoms with Crippen LogP contribution in [0.25, 0.3) is 0 Å². The predicted molar refractivity (Wildman–Crippen MR) is 80.8 cm³/mol. The van der Waals surface area contributed by atoms with Gasteiger partial charge in [0.1, 0.15) is 6.29 Å². The molecule has 0 saturated carbocycles. The summed E-state index contributed by atoms with van der Waals surface area (Å²) in [7, 11) is 0. The van der Waals surface area contributed by atoms with Gasteiger partial charge in [0, 0.05) is 19.2 Å². The summed E-state index contributed by atoms with van der Waals surface area (Å²) in [4.78, 5) is 14.1. The zero-order chi connectivity index (χ0) is 14.4. The highest BCUT2D eigenvalue weighted by Crippen LogP contribution is 2.27. The zero-order valence-electron chi connectivity index (χ0n) is 12.3. The Kier molecular flexibility index (Phi) is 5.32. The molecule has 2 atom stereocenters. The highest BCUT2D eigenvalue weighted by molar-refractivity contribution is 5.68. The van der Waals surface area contributed by atoms with E-state index in [0.29, 0.717) is 6.04 Å². The topological polar surface area (TPSA) is 40.5 Å². The van der Waals surface area contributed by atoms with Crippen molar-refractivity contribution in [2.24, 2.45) is 0 Å². The van der Waals surface area contributed by atoms with Crippen LogP contribution in [0.1, 0.15) is 38.2 Å². The van der Waals surface area contributed by atoms with Crippen LogP contribution in [0.4, 0.5) is 0 Å². The number of benzene rings is 1. The van der Waals surface area contributed by atoms with E-state index >= 15 is 0 Å². The summed E-state index contributed by atoms with van der Waals surface area (Å²) in [5.74, 6) is 0. The maximum Gasteiger partial charge on any atom is 0.131 e. The molecule has 0 radical (unpaired) electrons. The molecular formula is C17H25NO2. The van der Waals surface area contributed by atoms with Crippen molar-refractivity contribution in [3.63, 3.8) is 0 Å². The summed E-state index contributed by atoms with van der Waals surface area (Å²) in [5, 5.41) is 9.21. The molecule has 1 saturated heterocycles. The molecule has 2 rings (SSSR count). The third-order valence-electron chi connectivity index (χ3n) is 4.44. The molecule has 1 aliphatic heterocycles. The number of hydrogen-bond donors (Lipinski definition) is 1. The summed E-state index contributed by atoms with van der Waals surface area (Å²) in [6.07, 6.45) is 5.43. The van der Waals surface area contributed by atoms with Gasteiger partial charge in [0.2, 0.25) is 0 Å². The van der Waals surface area contributed by atoms with Crippen molar-refractivity contribution in [3.8, 4) is 0 Å². The van der Waals surface area contributed by atoms with Crippen LogP contribution < -0.4 is 0 Å². The minimum Gasteiger partial charge on any atom is -0.396 e. The number of nitrogens with zero attached hydrogens (tertiary/aromatic N) is 1. The molecule has 0 aromatic heterocycles. The van der Waals surface area contributed by atoms with E-state index in [-0.39, 0.29) is 6.61 Å². The number of hydrogen-bond acceptors (Lipinski definition) is 3. The molecule has 1 fully saturated rings. The Balaban J connectivity index is 2.13. The molecule has 20 heavy (non-hydrogen) atoms. The normalized spacial score (nSPS) is 23.2. The third-order valence-corrected chi connectivity index (χ3v) is 4.44. The first-order valence-electron chi connectivity index (χ1n) is 7.56. The van der Waals surface area contributed by atoms with Crippen molar-refractivity contribution >= 4 is 6.29 Å². The van der Waals surface area contributed by atoms with Gasteiger partial charge >= 0.3 is 0 Å².